The lowest BCUT2D eigenvalue weighted by atomic mass is 9.50. The Kier molecular flexibility index (Phi) is 5.67. The molecule has 0 spiro atoms. The molecule has 2 heteroatoms. The van der Waals surface area contributed by atoms with Crippen LogP contribution in [-0.2, 0) is 0 Å². The molecule has 2 nitrogen and oxygen atoms in total. The van der Waals surface area contributed by atoms with E-state index in [1.54, 1.807) is 6.42 Å². The molecule has 4 aliphatic rings. The molecular weight excluding hydrogens is 292 g/mol. The van der Waals surface area contributed by atoms with Crippen LogP contribution >= 0.6 is 0 Å². The van der Waals surface area contributed by atoms with Gasteiger partial charge in [-0.2, -0.15) is 0 Å². The minimum Gasteiger partial charge on any atom is -0.323 e. The molecule has 2 bridgehead atoms. The SMILES string of the molecule is CCC1C2CCC(C1CN(C)CC)C1C[N+](CC)(CC(C)C)CC21. The molecule has 140 valence electrons. The zero-order valence-corrected chi connectivity index (χ0v) is 17.3. The van der Waals surface area contributed by atoms with Crippen LogP contribution in [0.4, 0.5) is 0 Å². The van der Waals surface area contributed by atoms with Gasteiger partial charge < -0.3 is 9.38 Å². The fourth-order valence-electron chi connectivity index (χ4n) is 7.33. The molecule has 4 rings (SSSR count). The highest BCUT2D eigenvalue weighted by Gasteiger charge is 2.60. The summed E-state index contributed by atoms with van der Waals surface area (Å²) in [6.07, 6.45) is 4.50. The fourth-order valence-corrected chi connectivity index (χ4v) is 7.33. The molecule has 1 aliphatic heterocycles. The second-order valence-corrected chi connectivity index (χ2v) is 9.92. The minimum atomic E-state index is 0.840. The van der Waals surface area contributed by atoms with Gasteiger partial charge >= 0.3 is 0 Å². The van der Waals surface area contributed by atoms with Crippen molar-refractivity contribution >= 4 is 0 Å². The van der Waals surface area contributed by atoms with Gasteiger partial charge in [-0.3, -0.25) is 0 Å². The molecule has 7 unspecified atom stereocenters. The molecule has 1 saturated heterocycles. The minimum absolute atomic E-state index is 0.840. The summed E-state index contributed by atoms with van der Waals surface area (Å²) in [5.74, 6) is 6.99. The standard InChI is InChI=1S/C22H43N2/c1-7-17-18-10-11-19(20(17)12-23(6)8-2)22-15-24(9-3,13-16(4)5)14-21(18)22/h16-22H,7-15H2,1-6H3/q+1. The van der Waals surface area contributed by atoms with E-state index in [1.807, 2.05) is 0 Å². The van der Waals surface area contributed by atoms with Crippen LogP contribution in [0.1, 0.15) is 53.9 Å². The van der Waals surface area contributed by atoms with E-state index >= 15 is 0 Å². The smallest absolute Gasteiger partial charge is 0.0823 e. The van der Waals surface area contributed by atoms with Crippen molar-refractivity contribution in [1.29, 1.82) is 0 Å². The predicted octanol–water partition coefficient (Wildman–Crippen LogP) is 4.36. The molecular formula is C22H43N2+. The number of quaternary nitrogens is 1. The summed E-state index contributed by atoms with van der Waals surface area (Å²) in [5.41, 5.74) is 0. The molecule has 7 atom stereocenters. The second kappa shape index (κ2) is 7.27. The van der Waals surface area contributed by atoms with Gasteiger partial charge in [0.25, 0.3) is 0 Å². The first-order valence-electron chi connectivity index (χ1n) is 11.0. The van der Waals surface area contributed by atoms with Crippen molar-refractivity contribution in [2.24, 2.45) is 41.4 Å². The van der Waals surface area contributed by atoms with Crippen molar-refractivity contribution in [1.82, 2.24) is 4.90 Å². The predicted molar refractivity (Wildman–Crippen MR) is 104 cm³/mol. The van der Waals surface area contributed by atoms with Crippen molar-refractivity contribution in [3.8, 4) is 0 Å². The molecule has 0 N–H and O–H groups in total. The van der Waals surface area contributed by atoms with Gasteiger partial charge in [0.15, 0.2) is 0 Å². The molecule has 3 saturated carbocycles. The average Bonchev–Trinajstić information content (AvgIpc) is 2.95. The molecule has 0 aromatic rings. The number of fused-ring (bicyclic) bond motifs is 2. The van der Waals surface area contributed by atoms with E-state index in [9.17, 15) is 0 Å². The first kappa shape index (κ1) is 18.7. The number of nitrogens with zero attached hydrogens (tertiary/aromatic N) is 2. The lowest BCUT2D eigenvalue weighted by Gasteiger charge is -2.54. The van der Waals surface area contributed by atoms with Gasteiger partial charge in [-0.25, -0.2) is 0 Å². The molecule has 0 radical (unpaired) electrons. The number of likely N-dealkylation sites (tertiary alicyclic amines) is 1. The van der Waals surface area contributed by atoms with E-state index in [1.165, 1.54) is 56.6 Å². The highest BCUT2D eigenvalue weighted by Crippen LogP contribution is 2.59. The normalized spacial score (nSPS) is 44.5. The monoisotopic (exact) mass is 335 g/mol. The number of hydrogen-bond donors (Lipinski definition) is 0. The summed E-state index contributed by atoms with van der Waals surface area (Å²) < 4.78 is 1.44. The van der Waals surface area contributed by atoms with Gasteiger partial charge in [0, 0.05) is 24.3 Å². The lowest BCUT2D eigenvalue weighted by Crippen LogP contribution is -2.53. The molecule has 0 aromatic heterocycles. The molecule has 1 heterocycles. The summed E-state index contributed by atoms with van der Waals surface area (Å²) in [4.78, 5) is 2.59. The Bertz CT molecular complexity index is 420. The summed E-state index contributed by atoms with van der Waals surface area (Å²) >= 11 is 0. The van der Waals surface area contributed by atoms with Crippen molar-refractivity contribution in [2.45, 2.75) is 53.9 Å². The van der Waals surface area contributed by atoms with Gasteiger partial charge in [-0.05, 0) is 57.0 Å². The van der Waals surface area contributed by atoms with Crippen LogP contribution in [0.15, 0.2) is 0 Å². The Morgan fingerprint density at radius 1 is 0.917 bits per heavy atom. The Labute approximate surface area is 151 Å². The van der Waals surface area contributed by atoms with Crippen molar-refractivity contribution in [3.63, 3.8) is 0 Å². The van der Waals surface area contributed by atoms with Crippen molar-refractivity contribution in [2.75, 3.05) is 46.3 Å². The third kappa shape index (κ3) is 3.18. The first-order valence-corrected chi connectivity index (χ1v) is 11.0. The number of hydrogen-bond acceptors (Lipinski definition) is 1. The topological polar surface area (TPSA) is 3.24 Å². The van der Waals surface area contributed by atoms with Crippen LogP contribution in [0.3, 0.4) is 0 Å². The zero-order valence-electron chi connectivity index (χ0n) is 17.3. The summed E-state index contributed by atoms with van der Waals surface area (Å²) in [6.45, 7) is 20.5. The van der Waals surface area contributed by atoms with E-state index in [4.69, 9.17) is 0 Å². The summed E-state index contributed by atoms with van der Waals surface area (Å²) in [7, 11) is 2.34. The highest BCUT2D eigenvalue weighted by atomic mass is 15.4. The van der Waals surface area contributed by atoms with Crippen LogP contribution in [-0.4, -0.2) is 55.7 Å². The Morgan fingerprint density at radius 2 is 1.50 bits per heavy atom. The maximum absolute atomic E-state index is 2.59. The third-order valence-corrected chi connectivity index (χ3v) is 8.29. The number of rotatable bonds is 7. The molecule has 24 heavy (non-hydrogen) atoms. The second-order valence-electron chi connectivity index (χ2n) is 9.92. The van der Waals surface area contributed by atoms with Crippen LogP contribution in [0.25, 0.3) is 0 Å². The van der Waals surface area contributed by atoms with E-state index in [0.717, 1.165) is 41.4 Å². The fraction of sp³-hybridized carbons (Fsp3) is 1.00. The van der Waals surface area contributed by atoms with Crippen molar-refractivity contribution in [3.05, 3.63) is 0 Å². The lowest BCUT2D eigenvalue weighted by molar-refractivity contribution is -0.920. The van der Waals surface area contributed by atoms with E-state index in [0.29, 0.717) is 0 Å². The zero-order chi connectivity index (χ0) is 17.5. The molecule has 0 amide bonds. The Balaban J connectivity index is 1.82. The van der Waals surface area contributed by atoms with Gasteiger partial charge in [0.1, 0.15) is 0 Å². The molecule has 4 fully saturated rings. The summed E-state index contributed by atoms with van der Waals surface area (Å²) in [6, 6.07) is 0. The molecule has 3 aliphatic carbocycles. The first-order chi connectivity index (χ1) is 11.4. The Morgan fingerprint density at radius 3 is 1.96 bits per heavy atom. The largest absolute Gasteiger partial charge is 0.323 e. The van der Waals surface area contributed by atoms with Gasteiger partial charge in [-0.15, -0.1) is 0 Å². The van der Waals surface area contributed by atoms with Crippen molar-refractivity contribution < 1.29 is 4.48 Å². The van der Waals surface area contributed by atoms with Crippen LogP contribution < -0.4 is 0 Å². The maximum atomic E-state index is 2.59. The van der Waals surface area contributed by atoms with E-state index in [-0.39, 0.29) is 0 Å². The Hall–Kier alpha value is -0.0800. The maximum Gasteiger partial charge on any atom is 0.0823 e. The van der Waals surface area contributed by atoms with Gasteiger partial charge in [0.2, 0.25) is 0 Å². The van der Waals surface area contributed by atoms with Crippen LogP contribution in [0.5, 0.6) is 0 Å². The van der Waals surface area contributed by atoms with E-state index in [2.05, 4.69) is 46.6 Å². The molecule has 0 aromatic carbocycles. The quantitative estimate of drug-likeness (QED) is 0.625. The van der Waals surface area contributed by atoms with Crippen LogP contribution in [0, 0.1) is 41.4 Å². The average molecular weight is 336 g/mol. The highest BCUT2D eigenvalue weighted by molar-refractivity contribution is 5.03. The third-order valence-electron chi connectivity index (χ3n) is 8.29. The van der Waals surface area contributed by atoms with E-state index < -0.39 is 0 Å². The van der Waals surface area contributed by atoms with Gasteiger partial charge in [-0.1, -0.05) is 34.1 Å². The summed E-state index contributed by atoms with van der Waals surface area (Å²) in [5, 5.41) is 0. The van der Waals surface area contributed by atoms with Crippen LogP contribution in [0.2, 0.25) is 0 Å². The van der Waals surface area contributed by atoms with Gasteiger partial charge in [0.05, 0.1) is 26.2 Å².